The minimum atomic E-state index is -0.494. The van der Waals surface area contributed by atoms with Crippen molar-refractivity contribution in [2.75, 3.05) is 30.4 Å². The maximum Gasteiger partial charge on any atom is 0.266 e. The zero-order chi connectivity index (χ0) is 26.9. The molecule has 0 atom stereocenters. The summed E-state index contributed by atoms with van der Waals surface area (Å²) in [5.41, 5.74) is 3.13. The number of hydrogen-bond acceptors (Lipinski definition) is 5. The SMILES string of the molecule is CCN(CC)c1ccc(NC(=O)/C(C#N)=C\c2cc(I)c(OCc3ccc(Cl)c(Cl)c3)c(OC)c2)cc1. The molecular weight excluding hydrogens is 624 g/mol. The zero-order valence-electron chi connectivity index (χ0n) is 20.6. The van der Waals surface area contributed by atoms with Gasteiger partial charge in [0.2, 0.25) is 0 Å². The molecule has 0 spiro atoms. The highest BCUT2D eigenvalue weighted by atomic mass is 127. The van der Waals surface area contributed by atoms with Crippen molar-refractivity contribution in [1.82, 2.24) is 0 Å². The number of nitrogens with zero attached hydrogens (tertiary/aromatic N) is 2. The van der Waals surface area contributed by atoms with Gasteiger partial charge in [0, 0.05) is 24.5 Å². The number of nitriles is 1. The van der Waals surface area contributed by atoms with Crippen LogP contribution in [0, 0.1) is 14.9 Å². The number of methoxy groups -OCH3 is 1. The van der Waals surface area contributed by atoms with Crippen LogP contribution >= 0.6 is 45.8 Å². The van der Waals surface area contributed by atoms with Crippen LogP contribution in [-0.4, -0.2) is 26.1 Å². The van der Waals surface area contributed by atoms with Crippen LogP contribution in [0.15, 0.2) is 60.2 Å². The van der Waals surface area contributed by atoms with Gasteiger partial charge in [-0.1, -0.05) is 29.3 Å². The van der Waals surface area contributed by atoms with Crippen LogP contribution in [0.4, 0.5) is 11.4 Å². The molecule has 0 aliphatic carbocycles. The molecule has 0 aliphatic rings. The molecule has 0 aromatic heterocycles. The zero-order valence-corrected chi connectivity index (χ0v) is 24.3. The second-order valence-electron chi connectivity index (χ2n) is 7.91. The molecule has 192 valence electrons. The van der Waals surface area contributed by atoms with Gasteiger partial charge >= 0.3 is 0 Å². The summed E-state index contributed by atoms with van der Waals surface area (Å²) in [6.45, 7) is 6.23. The van der Waals surface area contributed by atoms with Gasteiger partial charge in [0.1, 0.15) is 18.2 Å². The lowest BCUT2D eigenvalue weighted by Gasteiger charge is -2.21. The monoisotopic (exact) mass is 649 g/mol. The van der Waals surface area contributed by atoms with E-state index in [0.29, 0.717) is 32.8 Å². The third-order valence-corrected chi connectivity index (χ3v) is 7.09. The predicted molar refractivity (Wildman–Crippen MR) is 159 cm³/mol. The Labute approximate surface area is 240 Å². The molecule has 0 fully saturated rings. The number of amides is 1. The second-order valence-corrected chi connectivity index (χ2v) is 9.89. The first-order chi connectivity index (χ1) is 17.8. The first-order valence-corrected chi connectivity index (χ1v) is 13.3. The van der Waals surface area contributed by atoms with Gasteiger partial charge in [0.25, 0.3) is 5.91 Å². The highest BCUT2D eigenvalue weighted by Gasteiger charge is 2.15. The fourth-order valence-electron chi connectivity index (χ4n) is 3.61. The van der Waals surface area contributed by atoms with Crippen LogP contribution in [-0.2, 0) is 11.4 Å². The van der Waals surface area contributed by atoms with Gasteiger partial charge in [-0.25, -0.2) is 0 Å². The van der Waals surface area contributed by atoms with Gasteiger partial charge in [-0.3, -0.25) is 4.79 Å². The number of benzene rings is 3. The predicted octanol–water partition coefficient (Wildman–Crippen LogP) is 7.58. The van der Waals surface area contributed by atoms with E-state index in [4.69, 9.17) is 32.7 Å². The van der Waals surface area contributed by atoms with Crippen molar-refractivity contribution in [3.05, 3.63) is 84.9 Å². The first kappa shape index (κ1) is 28.6. The number of hydrogen-bond donors (Lipinski definition) is 1. The Bertz CT molecular complexity index is 1330. The molecule has 0 saturated carbocycles. The summed E-state index contributed by atoms with van der Waals surface area (Å²) >= 11 is 14.2. The molecule has 6 nitrogen and oxygen atoms in total. The van der Waals surface area contributed by atoms with Gasteiger partial charge in [-0.15, -0.1) is 0 Å². The molecule has 0 aliphatic heterocycles. The summed E-state index contributed by atoms with van der Waals surface area (Å²) in [5, 5.41) is 13.4. The molecule has 3 rings (SSSR count). The molecule has 0 unspecified atom stereocenters. The largest absolute Gasteiger partial charge is 0.493 e. The van der Waals surface area contributed by atoms with Gasteiger partial charge < -0.3 is 19.7 Å². The molecule has 37 heavy (non-hydrogen) atoms. The third kappa shape index (κ3) is 7.54. The Morgan fingerprint density at radius 2 is 1.78 bits per heavy atom. The Kier molecular flexibility index (Phi) is 10.5. The molecule has 9 heteroatoms. The molecule has 1 N–H and O–H groups in total. The van der Waals surface area contributed by atoms with Crippen molar-refractivity contribution < 1.29 is 14.3 Å². The smallest absolute Gasteiger partial charge is 0.266 e. The topological polar surface area (TPSA) is 74.6 Å². The van der Waals surface area contributed by atoms with Crippen molar-refractivity contribution >= 4 is 69.2 Å². The molecule has 0 saturated heterocycles. The average molecular weight is 650 g/mol. The van der Waals surface area contributed by atoms with Crippen LogP contribution in [0.2, 0.25) is 10.0 Å². The third-order valence-electron chi connectivity index (χ3n) is 5.55. The van der Waals surface area contributed by atoms with E-state index in [9.17, 15) is 10.1 Å². The van der Waals surface area contributed by atoms with E-state index in [-0.39, 0.29) is 12.2 Å². The van der Waals surface area contributed by atoms with Crippen LogP contribution in [0.1, 0.15) is 25.0 Å². The molecule has 1 amide bonds. The molecule has 0 heterocycles. The van der Waals surface area contributed by atoms with Gasteiger partial charge in [0.15, 0.2) is 11.5 Å². The summed E-state index contributed by atoms with van der Waals surface area (Å²) in [7, 11) is 1.53. The fourth-order valence-corrected chi connectivity index (χ4v) is 4.71. The Morgan fingerprint density at radius 1 is 1.08 bits per heavy atom. The number of rotatable bonds is 10. The fraction of sp³-hybridized carbons (Fsp3) is 0.214. The highest BCUT2D eigenvalue weighted by Crippen LogP contribution is 2.35. The maximum atomic E-state index is 12.8. The lowest BCUT2D eigenvalue weighted by molar-refractivity contribution is -0.112. The highest BCUT2D eigenvalue weighted by molar-refractivity contribution is 14.1. The van der Waals surface area contributed by atoms with E-state index in [2.05, 4.69) is 46.7 Å². The normalized spacial score (nSPS) is 11.0. The average Bonchev–Trinajstić information content (AvgIpc) is 2.89. The Morgan fingerprint density at radius 3 is 2.38 bits per heavy atom. The molecular formula is C28H26Cl2IN3O3. The summed E-state index contributed by atoms with van der Waals surface area (Å²) in [6.07, 6.45) is 1.52. The summed E-state index contributed by atoms with van der Waals surface area (Å²) < 4.78 is 12.3. The summed E-state index contributed by atoms with van der Waals surface area (Å²) in [6, 6.07) is 18.4. The number of ether oxygens (including phenoxy) is 2. The van der Waals surface area contributed by atoms with Gasteiger partial charge in [-0.2, -0.15) is 5.26 Å². The van der Waals surface area contributed by atoms with Crippen LogP contribution in [0.3, 0.4) is 0 Å². The van der Waals surface area contributed by atoms with E-state index in [1.54, 1.807) is 18.2 Å². The van der Waals surface area contributed by atoms with Crippen LogP contribution in [0.5, 0.6) is 11.5 Å². The summed E-state index contributed by atoms with van der Waals surface area (Å²) in [5.74, 6) is 0.525. The number of halogens is 3. The number of carbonyl (C=O) groups excluding carboxylic acids is 1. The molecule has 3 aromatic carbocycles. The standard InChI is InChI=1S/C28H26Cl2IN3O3/c1-4-34(5-2)22-9-7-21(8-10-22)33-28(35)20(16-32)12-19-14-25(31)27(26(15-19)36-3)37-17-18-6-11-23(29)24(30)13-18/h6-15H,4-5,17H2,1-3H3,(H,33,35)/b20-12-. The quantitative estimate of drug-likeness (QED) is 0.139. The Hall–Kier alpha value is -2.93. The van der Waals surface area contributed by atoms with Crippen molar-refractivity contribution in [2.45, 2.75) is 20.5 Å². The lowest BCUT2D eigenvalue weighted by atomic mass is 10.1. The summed E-state index contributed by atoms with van der Waals surface area (Å²) in [4.78, 5) is 15.0. The van der Waals surface area contributed by atoms with Crippen molar-refractivity contribution in [2.24, 2.45) is 0 Å². The number of nitrogens with one attached hydrogen (secondary N) is 1. The van der Waals surface area contributed by atoms with Crippen molar-refractivity contribution in [3.8, 4) is 17.6 Å². The Balaban J connectivity index is 1.77. The molecule has 3 aromatic rings. The van der Waals surface area contributed by atoms with Crippen LogP contribution < -0.4 is 19.7 Å². The molecule has 0 radical (unpaired) electrons. The van der Waals surface area contributed by atoms with E-state index < -0.39 is 5.91 Å². The lowest BCUT2D eigenvalue weighted by Crippen LogP contribution is -2.21. The number of anilines is 2. The minimum Gasteiger partial charge on any atom is -0.493 e. The van der Waals surface area contributed by atoms with E-state index in [0.717, 1.165) is 27.9 Å². The number of carbonyl (C=O) groups is 1. The first-order valence-electron chi connectivity index (χ1n) is 11.5. The second kappa shape index (κ2) is 13.6. The minimum absolute atomic E-state index is 0.0323. The van der Waals surface area contributed by atoms with E-state index >= 15 is 0 Å². The van der Waals surface area contributed by atoms with Crippen LogP contribution in [0.25, 0.3) is 6.08 Å². The van der Waals surface area contributed by atoms with E-state index in [1.165, 1.54) is 13.2 Å². The van der Waals surface area contributed by atoms with E-state index in [1.807, 2.05) is 42.5 Å². The van der Waals surface area contributed by atoms with Crippen molar-refractivity contribution in [3.63, 3.8) is 0 Å². The van der Waals surface area contributed by atoms with Gasteiger partial charge in [0.05, 0.1) is 20.7 Å². The molecule has 0 bridgehead atoms. The maximum absolute atomic E-state index is 12.8. The van der Waals surface area contributed by atoms with Crippen molar-refractivity contribution in [1.29, 1.82) is 5.26 Å². The van der Waals surface area contributed by atoms with Gasteiger partial charge in [-0.05, 0) is 102 Å².